The molecule has 1 saturated heterocycles. The van der Waals surface area contributed by atoms with E-state index in [-0.39, 0.29) is 0 Å². The molecule has 4 rings (SSSR count). The summed E-state index contributed by atoms with van der Waals surface area (Å²) in [6.07, 6.45) is 4.81. The van der Waals surface area contributed by atoms with Crippen LogP contribution in [0.5, 0.6) is 0 Å². The highest BCUT2D eigenvalue weighted by Crippen LogP contribution is 2.32. The molecule has 0 N–H and O–H groups in total. The van der Waals surface area contributed by atoms with Gasteiger partial charge in [0.1, 0.15) is 0 Å². The van der Waals surface area contributed by atoms with Gasteiger partial charge in [0.2, 0.25) is 0 Å². The number of rotatable bonds is 7. The Balaban J connectivity index is 1.16. The number of nitrogens with zero attached hydrogens (tertiary/aromatic N) is 4. The Hall–Kier alpha value is -1.79. The van der Waals surface area contributed by atoms with Crippen molar-refractivity contribution in [3.05, 3.63) is 64.4 Å². The Morgan fingerprint density at radius 1 is 1.04 bits per heavy atom. The fourth-order valence-electron chi connectivity index (χ4n) is 3.59. The van der Waals surface area contributed by atoms with Crippen LogP contribution < -0.4 is 4.90 Å². The molecule has 1 aliphatic heterocycles. The van der Waals surface area contributed by atoms with Crippen LogP contribution in [0.15, 0.2) is 48.8 Å². The first-order valence-corrected chi connectivity index (χ1v) is 10.4. The van der Waals surface area contributed by atoms with Gasteiger partial charge in [-0.05, 0) is 42.3 Å². The van der Waals surface area contributed by atoms with Crippen LogP contribution in [0.25, 0.3) is 5.52 Å². The Morgan fingerprint density at radius 2 is 1.89 bits per heavy atom. The first-order chi connectivity index (χ1) is 13.7. The number of hydrogen-bond donors (Lipinski definition) is 0. The van der Waals surface area contributed by atoms with E-state index < -0.39 is 0 Å². The zero-order chi connectivity index (χ0) is 19.3. The summed E-state index contributed by atoms with van der Waals surface area (Å²) in [6, 6.07) is 12.0. The predicted molar refractivity (Wildman–Crippen MR) is 115 cm³/mol. The van der Waals surface area contributed by atoms with Crippen molar-refractivity contribution in [1.82, 2.24) is 14.5 Å². The first-order valence-electron chi connectivity index (χ1n) is 9.62. The molecule has 3 aromatic rings. The third kappa shape index (κ3) is 4.61. The van der Waals surface area contributed by atoms with Crippen molar-refractivity contribution in [2.75, 3.05) is 44.2 Å². The normalized spacial score (nSPS) is 15.4. The van der Waals surface area contributed by atoms with Crippen LogP contribution in [0.1, 0.15) is 12.0 Å². The van der Waals surface area contributed by atoms with Gasteiger partial charge in [-0.3, -0.25) is 4.90 Å². The minimum absolute atomic E-state index is 0.617. The van der Waals surface area contributed by atoms with Gasteiger partial charge >= 0.3 is 0 Å². The predicted octanol–water partition coefficient (Wildman–Crippen LogP) is 4.37. The lowest BCUT2D eigenvalue weighted by Crippen LogP contribution is -2.46. The monoisotopic (exact) mass is 418 g/mol. The lowest BCUT2D eigenvalue weighted by molar-refractivity contribution is 0.107. The Morgan fingerprint density at radius 3 is 2.75 bits per heavy atom. The van der Waals surface area contributed by atoms with Crippen molar-refractivity contribution in [3.8, 4) is 0 Å². The minimum Gasteiger partial charge on any atom is -0.377 e. The van der Waals surface area contributed by atoms with E-state index in [1.807, 2.05) is 35.0 Å². The van der Waals surface area contributed by atoms with Gasteiger partial charge in [0.05, 0.1) is 27.9 Å². The van der Waals surface area contributed by atoms with Gasteiger partial charge in [0, 0.05) is 51.7 Å². The Bertz CT molecular complexity index is 922. The topological polar surface area (TPSA) is 33.0 Å². The van der Waals surface area contributed by atoms with E-state index in [0.717, 1.165) is 57.0 Å². The summed E-state index contributed by atoms with van der Waals surface area (Å²) in [5, 5.41) is 5.48. The molecule has 0 atom stereocenters. The highest BCUT2D eigenvalue weighted by Gasteiger charge is 2.19. The second-order valence-electron chi connectivity index (χ2n) is 7.04. The summed E-state index contributed by atoms with van der Waals surface area (Å²) >= 11 is 12.5. The fraction of sp³-hybridized carbons (Fsp3) is 0.381. The third-order valence-electron chi connectivity index (χ3n) is 5.14. The van der Waals surface area contributed by atoms with E-state index in [4.69, 9.17) is 27.9 Å². The molecule has 0 amide bonds. The average Bonchev–Trinajstić information content (AvgIpc) is 3.18. The van der Waals surface area contributed by atoms with E-state index in [1.165, 1.54) is 5.56 Å². The lowest BCUT2D eigenvalue weighted by Gasteiger charge is -2.36. The molecule has 5 nitrogen and oxygen atoms in total. The lowest BCUT2D eigenvalue weighted by atomic mass is 10.2. The molecule has 0 spiro atoms. The number of anilines is 1. The summed E-state index contributed by atoms with van der Waals surface area (Å²) in [4.78, 5) is 4.80. The zero-order valence-electron chi connectivity index (χ0n) is 15.7. The summed E-state index contributed by atoms with van der Waals surface area (Å²) in [5.41, 5.74) is 3.31. The van der Waals surface area contributed by atoms with Crippen molar-refractivity contribution in [2.45, 2.75) is 13.0 Å². The molecular formula is C21H24Cl2N4O. The second-order valence-corrected chi connectivity index (χ2v) is 7.83. The van der Waals surface area contributed by atoms with Gasteiger partial charge in [-0.2, -0.15) is 5.10 Å². The molecule has 0 radical (unpaired) electrons. The van der Waals surface area contributed by atoms with Crippen molar-refractivity contribution >= 4 is 34.4 Å². The summed E-state index contributed by atoms with van der Waals surface area (Å²) in [6.45, 7) is 6.45. The van der Waals surface area contributed by atoms with E-state index in [0.29, 0.717) is 16.7 Å². The van der Waals surface area contributed by atoms with Crippen LogP contribution in [0.2, 0.25) is 10.0 Å². The van der Waals surface area contributed by atoms with Crippen LogP contribution >= 0.6 is 23.2 Å². The number of halogens is 2. The maximum Gasteiger partial charge on any atom is 0.0825 e. The zero-order valence-corrected chi connectivity index (χ0v) is 17.2. The maximum atomic E-state index is 6.35. The number of hydrogen-bond acceptors (Lipinski definition) is 4. The molecular weight excluding hydrogens is 395 g/mol. The second kappa shape index (κ2) is 9.14. The van der Waals surface area contributed by atoms with Crippen LogP contribution in [0, 0.1) is 0 Å². The SMILES string of the molecule is Clc1cccc(N2CCN(CCCOCc3ccn4nccc4c3)CC2)c1Cl. The number of aromatic nitrogens is 2. The molecule has 0 saturated carbocycles. The van der Waals surface area contributed by atoms with Crippen LogP contribution in [0.4, 0.5) is 5.69 Å². The fourth-order valence-corrected chi connectivity index (χ4v) is 4.00. The molecule has 28 heavy (non-hydrogen) atoms. The van der Waals surface area contributed by atoms with Gasteiger partial charge in [-0.25, -0.2) is 4.52 Å². The molecule has 0 aliphatic carbocycles. The quantitative estimate of drug-likeness (QED) is 0.533. The van der Waals surface area contributed by atoms with Gasteiger partial charge in [0.15, 0.2) is 0 Å². The van der Waals surface area contributed by atoms with Gasteiger partial charge in [0.25, 0.3) is 0 Å². The molecule has 1 fully saturated rings. The number of pyridine rings is 1. The van der Waals surface area contributed by atoms with Crippen LogP contribution in [0.3, 0.4) is 0 Å². The largest absolute Gasteiger partial charge is 0.377 e. The standard InChI is InChI=1S/C21H24Cl2N4O/c22-19-3-1-4-20(21(19)23)26-12-10-25(11-13-26)8-2-14-28-16-17-6-9-27-18(15-17)5-7-24-27/h1,3-7,9,15H,2,8,10-14,16H2. The molecule has 3 heterocycles. The smallest absolute Gasteiger partial charge is 0.0825 e. The summed E-state index contributed by atoms with van der Waals surface area (Å²) in [5.74, 6) is 0. The Kier molecular flexibility index (Phi) is 6.37. The van der Waals surface area contributed by atoms with E-state index in [2.05, 4.69) is 27.0 Å². The van der Waals surface area contributed by atoms with E-state index in [1.54, 1.807) is 6.20 Å². The molecule has 7 heteroatoms. The molecule has 148 valence electrons. The van der Waals surface area contributed by atoms with Gasteiger partial charge in [-0.1, -0.05) is 29.3 Å². The molecule has 2 aromatic heterocycles. The first kappa shape index (κ1) is 19.5. The maximum absolute atomic E-state index is 6.35. The van der Waals surface area contributed by atoms with E-state index in [9.17, 15) is 0 Å². The number of benzene rings is 1. The molecule has 0 bridgehead atoms. The highest BCUT2D eigenvalue weighted by atomic mass is 35.5. The van der Waals surface area contributed by atoms with Gasteiger partial charge < -0.3 is 9.64 Å². The van der Waals surface area contributed by atoms with Crippen molar-refractivity contribution < 1.29 is 4.74 Å². The molecule has 1 aromatic carbocycles. The number of ether oxygens (including phenoxy) is 1. The van der Waals surface area contributed by atoms with Crippen molar-refractivity contribution in [1.29, 1.82) is 0 Å². The van der Waals surface area contributed by atoms with Crippen LogP contribution in [-0.4, -0.2) is 53.8 Å². The molecule has 1 aliphatic rings. The highest BCUT2D eigenvalue weighted by molar-refractivity contribution is 6.43. The van der Waals surface area contributed by atoms with Crippen LogP contribution in [-0.2, 0) is 11.3 Å². The van der Waals surface area contributed by atoms with E-state index >= 15 is 0 Å². The summed E-state index contributed by atoms with van der Waals surface area (Å²) < 4.78 is 7.72. The average molecular weight is 419 g/mol. The third-order valence-corrected chi connectivity index (χ3v) is 5.95. The number of fused-ring (bicyclic) bond motifs is 1. The Labute approximate surface area is 175 Å². The van der Waals surface area contributed by atoms with Gasteiger partial charge in [-0.15, -0.1) is 0 Å². The van der Waals surface area contributed by atoms with Crippen molar-refractivity contribution in [2.24, 2.45) is 0 Å². The molecule has 0 unspecified atom stereocenters. The number of piperazine rings is 1. The minimum atomic E-state index is 0.617. The summed E-state index contributed by atoms with van der Waals surface area (Å²) in [7, 11) is 0. The van der Waals surface area contributed by atoms with Crippen molar-refractivity contribution in [3.63, 3.8) is 0 Å².